The summed E-state index contributed by atoms with van der Waals surface area (Å²) in [5.41, 5.74) is 10.7. The molecule has 5 nitrogen and oxygen atoms in total. The van der Waals surface area contributed by atoms with Crippen LogP contribution < -0.4 is 27.4 Å². The summed E-state index contributed by atoms with van der Waals surface area (Å²) in [4.78, 5) is -0.434. The number of anilines is 2. The Labute approximate surface area is 196 Å². The summed E-state index contributed by atoms with van der Waals surface area (Å²) in [6, 6.07) is 36.6. The van der Waals surface area contributed by atoms with Gasteiger partial charge in [0.2, 0.25) is 0 Å². The fraction of sp³-hybridized carbons (Fsp3) is 0.0769. The zero-order valence-corrected chi connectivity index (χ0v) is 20.0. The topological polar surface area (TPSA) is 109 Å². The highest BCUT2D eigenvalue weighted by atomic mass is 32.2. The van der Waals surface area contributed by atoms with Gasteiger partial charge >= 0.3 is 0 Å². The first-order chi connectivity index (χ1) is 15.8. The van der Waals surface area contributed by atoms with Crippen LogP contribution >= 0.6 is 7.26 Å². The summed E-state index contributed by atoms with van der Waals surface area (Å²) in [5, 5.41) is 4.39. The molecule has 0 saturated heterocycles. The van der Waals surface area contributed by atoms with Crippen molar-refractivity contribution in [2.75, 3.05) is 17.6 Å². The fourth-order valence-electron chi connectivity index (χ4n) is 3.84. The van der Waals surface area contributed by atoms with Crippen molar-refractivity contribution in [1.82, 2.24) is 0 Å². The lowest BCUT2D eigenvalue weighted by atomic mass is 10.3. The first-order valence-electron chi connectivity index (χ1n) is 10.4. The zero-order valence-electron chi connectivity index (χ0n) is 18.3. The lowest BCUT2D eigenvalue weighted by Crippen LogP contribution is -2.32. The second-order valence-electron chi connectivity index (χ2n) is 7.38. The third-order valence-electron chi connectivity index (χ3n) is 5.37. The van der Waals surface area contributed by atoms with E-state index in [9.17, 15) is 13.0 Å². The number of benzene rings is 4. The van der Waals surface area contributed by atoms with Gasteiger partial charge < -0.3 is 16.0 Å². The molecule has 0 saturated carbocycles. The molecule has 4 aromatic carbocycles. The van der Waals surface area contributed by atoms with E-state index in [1.54, 1.807) is 0 Å². The highest BCUT2D eigenvalue weighted by Gasteiger charge is 2.43. The maximum Gasteiger partial charge on any atom is 0.126 e. The first-order valence-corrected chi connectivity index (χ1v) is 13.8. The van der Waals surface area contributed by atoms with Gasteiger partial charge in [-0.2, -0.15) is 0 Å². The van der Waals surface area contributed by atoms with Crippen LogP contribution in [0.2, 0.25) is 0 Å². The number of rotatable bonds is 5. The normalized spacial score (nSPS) is 11.3. The van der Waals surface area contributed by atoms with Crippen molar-refractivity contribution < 1.29 is 13.0 Å². The van der Waals surface area contributed by atoms with Gasteiger partial charge in [0.25, 0.3) is 0 Å². The van der Waals surface area contributed by atoms with Crippen molar-refractivity contribution in [2.45, 2.75) is 11.8 Å². The second kappa shape index (κ2) is 10.6. The highest BCUT2D eigenvalue weighted by molar-refractivity contribution is 7.95. The van der Waals surface area contributed by atoms with E-state index in [4.69, 9.17) is 11.5 Å². The van der Waals surface area contributed by atoms with Crippen LogP contribution in [0.3, 0.4) is 0 Å². The molecular formula is C26H27N2O3PS. The Bertz CT molecular complexity index is 1190. The van der Waals surface area contributed by atoms with Crippen molar-refractivity contribution in [3.05, 3.63) is 109 Å². The molecule has 0 radical (unpaired) electrons. The maximum absolute atomic E-state index is 10.5. The van der Waals surface area contributed by atoms with E-state index in [0.29, 0.717) is 5.69 Å². The lowest BCUT2D eigenvalue weighted by molar-refractivity contribution is 0.463. The molecule has 0 fully saturated rings. The fourth-order valence-corrected chi connectivity index (χ4v) is 8.45. The van der Waals surface area contributed by atoms with E-state index in [1.807, 2.05) is 0 Å². The largest absolute Gasteiger partial charge is 0.744 e. The number of hydrogen-bond donors (Lipinski definition) is 2. The Balaban J connectivity index is 0.000000218. The van der Waals surface area contributed by atoms with Gasteiger partial charge in [0, 0.05) is 5.69 Å². The Kier molecular flexibility index (Phi) is 7.88. The molecule has 4 aromatic rings. The molecule has 0 amide bonds. The smallest absolute Gasteiger partial charge is 0.126 e. The minimum Gasteiger partial charge on any atom is -0.744 e. The minimum atomic E-state index is -4.48. The molecule has 170 valence electrons. The Morgan fingerprint density at radius 3 is 1.39 bits per heavy atom. The third-order valence-corrected chi connectivity index (χ3v) is 10.8. The van der Waals surface area contributed by atoms with Gasteiger partial charge in [-0.05, 0) is 61.5 Å². The molecule has 0 bridgehead atoms. The summed E-state index contributed by atoms with van der Waals surface area (Å²) in [5.74, 6) is 0. The van der Waals surface area contributed by atoms with Crippen LogP contribution in [0.5, 0.6) is 0 Å². The van der Waals surface area contributed by atoms with Gasteiger partial charge in [0.05, 0.1) is 16.7 Å². The summed E-state index contributed by atoms with van der Waals surface area (Å²) in [7, 11) is -6.01. The van der Waals surface area contributed by atoms with Crippen LogP contribution in [-0.4, -0.2) is 19.1 Å². The molecule has 33 heavy (non-hydrogen) atoms. The van der Waals surface area contributed by atoms with Gasteiger partial charge in [-0.15, -0.1) is 0 Å². The molecule has 0 unspecified atom stereocenters. The molecule has 4 rings (SSSR count). The summed E-state index contributed by atoms with van der Waals surface area (Å²) >= 11 is 0. The minimum absolute atomic E-state index is 0.120. The van der Waals surface area contributed by atoms with Crippen molar-refractivity contribution in [1.29, 1.82) is 0 Å². The molecule has 0 aromatic heterocycles. The summed E-state index contributed by atoms with van der Waals surface area (Å²) < 4.78 is 31.5. The predicted octanol–water partition coefficient (Wildman–Crippen LogP) is 3.76. The van der Waals surface area contributed by atoms with Crippen LogP contribution in [0, 0.1) is 0 Å². The van der Waals surface area contributed by atoms with Gasteiger partial charge in [-0.1, -0.05) is 54.6 Å². The zero-order chi connectivity index (χ0) is 23.9. The van der Waals surface area contributed by atoms with Crippen molar-refractivity contribution >= 4 is 44.7 Å². The SMILES string of the molecule is CC[P+](c1ccccc1)(c1ccccc1)c1ccccc1.Nc1ccc(S(=O)(=O)[O-])c(N)c1. The number of nitrogens with two attached hydrogens (primary N) is 2. The number of hydrogen-bond acceptors (Lipinski definition) is 5. The molecule has 0 aliphatic carbocycles. The quantitative estimate of drug-likeness (QED) is 0.258. The Hall–Kier alpha value is -3.18. The Morgan fingerprint density at radius 2 is 1.09 bits per heavy atom. The average molecular weight is 479 g/mol. The molecular weight excluding hydrogens is 451 g/mol. The van der Waals surface area contributed by atoms with E-state index < -0.39 is 22.3 Å². The van der Waals surface area contributed by atoms with Crippen LogP contribution in [0.25, 0.3) is 0 Å². The molecule has 0 spiro atoms. The molecule has 0 aliphatic rings. The molecule has 0 heterocycles. The molecule has 7 heteroatoms. The van der Waals surface area contributed by atoms with E-state index in [0.717, 1.165) is 12.2 Å². The van der Waals surface area contributed by atoms with E-state index in [2.05, 4.69) is 97.9 Å². The standard InChI is InChI=1S/C20H20P.C6H8N2O3S/c1-2-21(18-12-6-3-7-13-18,19-14-8-4-9-15-19)20-16-10-5-11-17-20;7-4-1-2-6(5(8)3-4)12(9,10)11/h3-17H,2H2,1H3;1-3H,7-8H2,(H,9,10,11)/q+1;/p-1. The second-order valence-corrected chi connectivity index (χ2v) is 12.5. The molecule has 4 N–H and O–H groups in total. The van der Waals surface area contributed by atoms with Crippen LogP contribution in [0.15, 0.2) is 114 Å². The summed E-state index contributed by atoms with van der Waals surface area (Å²) in [6.45, 7) is 2.32. The predicted molar refractivity (Wildman–Crippen MR) is 139 cm³/mol. The average Bonchev–Trinajstić information content (AvgIpc) is 2.82. The molecule has 0 atom stereocenters. The maximum atomic E-state index is 10.5. The first kappa shape index (κ1) is 24.5. The van der Waals surface area contributed by atoms with Crippen LogP contribution in [0.1, 0.15) is 6.92 Å². The van der Waals surface area contributed by atoms with E-state index in [1.165, 1.54) is 28.0 Å². The van der Waals surface area contributed by atoms with Crippen molar-refractivity contribution in [2.24, 2.45) is 0 Å². The Morgan fingerprint density at radius 1 is 0.697 bits per heavy atom. The van der Waals surface area contributed by atoms with E-state index >= 15 is 0 Å². The monoisotopic (exact) mass is 478 g/mol. The van der Waals surface area contributed by atoms with Crippen molar-refractivity contribution in [3.8, 4) is 0 Å². The number of nitrogen functional groups attached to an aromatic ring is 2. The van der Waals surface area contributed by atoms with E-state index in [-0.39, 0.29) is 5.69 Å². The van der Waals surface area contributed by atoms with Crippen LogP contribution in [0.4, 0.5) is 11.4 Å². The van der Waals surface area contributed by atoms with Crippen LogP contribution in [-0.2, 0) is 10.1 Å². The molecule has 0 aliphatic heterocycles. The highest BCUT2D eigenvalue weighted by Crippen LogP contribution is 2.54. The van der Waals surface area contributed by atoms with Gasteiger partial charge in [0.1, 0.15) is 33.3 Å². The summed E-state index contributed by atoms with van der Waals surface area (Å²) in [6.07, 6.45) is 1.14. The van der Waals surface area contributed by atoms with Gasteiger partial charge in [0.15, 0.2) is 0 Å². The van der Waals surface area contributed by atoms with Gasteiger partial charge in [-0.25, -0.2) is 8.42 Å². The lowest BCUT2D eigenvalue weighted by Gasteiger charge is -2.26. The third kappa shape index (κ3) is 5.60. The van der Waals surface area contributed by atoms with Crippen molar-refractivity contribution in [3.63, 3.8) is 0 Å². The van der Waals surface area contributed by atoms with Gasteiger partial charge in [-0.3, -0.25) is 0 Å².